The molecule has 0 saturated heterocycles. The first kappa shape index (κ1) is 24.3. The number of unbranched alkanes of at least 4 members (excludes halogenated alkanes) is 1. The van der Waals surface area contributed by atoms with Gasteiger partial charge in [-0.15, -0.1) is 0 Å². The summed E-state index contributed by atoms with van der Waals surface area (Å²) in [6.07, 6.45) is 6.05. The van der Waals surface area contributed by atoms with Crippen LogP contribution in [-0.2, 0) is 11.3 Å². The van der Waals surface area contributed by atoms with Crippen LogP contribution in [0.3, 0.4) is 0 Å². The zero-order valence-corrected chi connectivity index (χ0v) is 19.2. The Bertz CT molecular complexity index is 687. The van der Waals surface area contributed by atoms with E-state index in [4.69, 9.17) is 11.6 Å². The minimum atomic E-state index is 0.0239. The van der Waals surface area contributed by atoms with Gasteiger partial charge < -0.3 is 10.2 Å². The van der Waals surface area contributed by atoms with E-state index in [1.807, 2.05) is 24.3 Å². The summed E-state index contributed by atoms with van der Waals surface area (Å²) >= 11 is 5.96. The summed E-state index contributed by atoms with van der Waals surface area (Å²) in [7, 11) is 4.17. The standard InChI is InChI=1S/C24H37ClN2O/c1-7-10-12-21(22(11-8-2)27(5)6)23(18(4)9-3)24(28)26-17-19-13-15-20(25)16-14-19/h13-16H,7-12,17H2,1-6H3,(H,26,28)/b22-21-,23-18?. The summed E-state index contributed by atoms with van der Waals surface area (Å²) in [4.78, 5) is 15.5. The molecular formula is C24H37ClN2O. The zero-order valence-electron chi connectivity index (χ0n) is 18.5. The average Bonchev–Trinajstić information content (AvgIpc) is 2.68. The molecule has 0 aromatic heterocycles. The van der Waals surface area contributed by atoms with Crippen molar-refractivity contribution in [1.29, 1.82) is 0 Å². The summed E-state index contributed by atoms with van der Waals surface area (Å²) in [6, 6.07) is 7.62. The van der Waals surface area contributed by atoms with E-state index in [-0.39, 0.29) is 5.91 Å². The average molecular weight is 405 g/mol. The van der Waals surface area contributed by atoms with Crippen LogP contribution in [0.4, 0.5) is 0 Å². The third-order valence-corrected chi connectivity index (χ3v) is 5.26. The number of nitrogens with one attached hydrogen (secondary N) is 1. The molecule has 1 aromatic carbocycles. The molecule has 28 heavy (non-hydrogen) atoms. The van der Waals surface area contributed by atoms with Gasteiger partial charge in [-0.2, -0.15) is 0 Å². The Balaban J connectivity index is 3.25. The normalized spacial score (nSPS) is 13.0. The number of carbonyl (C=O) groups is 1. The van der Waals surface area contributed by atoms with Crippen molar-refractivity contribution in [2.24, 2.45) is 0 Å². The predicted molar refractivity (Wildman–Crippen MR) is 121 cm³/mol. The van der Waals surface area contributed by atoms with E-state index in [0.717, 1.165) is 55.2 Å². The molecule has 0 atom stereocenters. The summed E-state index contributed by atoms with van der Waals surface area (Å²) in [5.41, 5.74) is 5.56. The molecule has 0 radical (unpaired) electrons. The Hall–Kier alpha value is -1.74. The van der Waals surface area contributed by atoms with Crippen LogP contribution in [-0.4, -0.2) is 24.9 Å². The van der Waals surface area contributed by atoms with E-state index in [9.17, 15) is 4.79 Å². The summed E-state index contributed by atoms with van der Waals surface area (Å²) < 4.78 is 0. The number of hydrogen-bond donors (Lipinski definition) is 1. The van der Waals surface area contributed by atoms with Gasteiger partial charge in [0.25, 0.3) is 5.91 Å². The summed E-state index contributed by atoms with van der Waals surface area (Å²) in [6.45, 7) is 9.10. The second-order valence-corrected chi connectivity index (χ2v) is 7.93. The van der Waals surface area contributed by atoms with Crippen molar-refractivity contribution < 1.29 is 4.79 Å². The maximum Gasteiger partial charge on any atom is 0.251 e. The van der Waals surface area contributed by atoms with Gasteiger partial charge in [-0.1, -0.05) is 62.9 Å². The molecule has 1 N–H and O–H groups in total. The fourth-order valence-corrected chi connectivity index (χ4v) is 3.41. The molecule has 1 aromatic rings. The van der Waals surface area contributed by atoms with E-state index in [1.165, 1.54) is 11.3 Å². The third kappa shape index (κ3) is 7.35. The highest BCUT2D eigenvalue weighted by molar-refractivity contribution is 6.30. The zero-order chi connectivity index (χ0) is 21.1. The van der Waals surface area contributed by atoms with Crippen molar-refractivity contribution in [3.05, 3.63) is 57.3 Å². The van der Waals surface area contributed by atoms with E-state index in [2.05, 4.69) is 52.0 Å². The molecular weight excluding hydrogens is 368 g/mol. The van der Waals surface area contributed by atoms with Crippen LogP contribution < -0.4 is 5.32 Å². The van der Waals surface area contributed by atoms with Crippen molar-refractivity contribution in [3.8, 4) is 0 Å². The number of halogens is 1. The van der Waals surface area contributed by atoms with E-state index in [0.29, 0.717) is 11.6 Å². The monoisotopic (exact) mass is 404 g/mol. The van der Waals surface area contributed by atoms with Crippen molar-refractivity contribution in [2.45, 2.75) is 72.8 Å². The van der Waals surface area contributed by atoms with E-state index in [1.54, 1.807) is 0 Å². The second-order valence-electron chi connectivity index (χ2n) is 7.49. The first-order valence-corrected chi connectivity index (χ1v) is 10.8. The topological polar surface area (TPSA) is 32.3 Å². The predicted octanol–water partition coefficient (Wildman–Crippen LogP) is 6.49. The van der Waals surface area contributed by atoms with Gasteiger partial charge in [0.15, 0.2) is 0 Å². The maximum absolute atomic E-state index is 13.3. The van der Waals surface area contributed by atoms with Gasteiger partial charge in [-0.05, 0) is 55.9 Å². The molecule has 156 valence electrons. The lowest BCUT2D eigenvalue weighted by molar-refractivity contribution is -0.117. The van der Waals surface area contributed by atoms with Gasteiger partial charge >= 0.3 is 0 Å². The van der Waals surface area contributed by atoms with Gasteiger partial charge in [0.1, 0.15) is 0 Å². The SMILES string of the molecule is CCCC/C(C(C(=O)NCc1ccc(Cl)cc1)=C(C)CC)=C(\CCC)N(C)C. The van der Waals surface area contributed by atoms with Gasteiger partial charge in [-0.25, -0.2) is 0 Å². The highest BCUT2D eigenvalue weighted by Crippen LogP contribution is 2.29. The Labute approximate surface area is 176 Å². The molecule has 0 bridgehead atoms. The number of rotatable bonds is 11. The maximum atomic E-state index is 13.3. The van der Waals surface area contributed by atoms with Gasteiger partial charge in [0.05, 0.1) is 0 Å². The number of benzene rings is 1. The van der Waals surface area contributed by atoms with E-state index >= 15 is 0 Å². The molecule has 1 amide bonds. The second kappa shape index (κ2) is 12.7. The van der Waals surface area contributed by atoms with Crippen molar-refractivity contribution in [2.75, 3.05) is 14.1 Å². The third-order valence-electron chi connectivity index (χ3n) is 5.01. The first-order valence-electron chi connectivity index (χ1n) is 10.5. The molecule has 0 unspecified atom stereocenters. The Kier molecular flexibility index (Phi) is 11.0. The molecule has 0 aliphatic rings. The van der Waals surface area contributed by atoms with Crippen LogP contribution >= 0.6 is 11.6 Å². The molecule has 0 heterocycles. The van der Waals surface area contributed by atoms with Crippen LogP contribution in [0, 0.1) is 0 Å². The lowest BCUT2D eigenvalue weighted by Crippen LogP contribution is -2.28. The quantitative estimate of drug-likeness (QED) is 0.337. The van der Waals surface area contributed by atoms with Crippen LogP contribution in [0.25, 0.3) is 0 Å². The fraction of sp³-hybridized carbons (Fsp3) is 0.542. The minimum Gasteiger partial charge on any atom is -0.381 e. The first-order chi connectivity index (χ1) is 13.3. The number of amides is 1. The van der Waals surface area contributed by atoms with E-state index < -0.39 is 0 Å². The number of nitrogens with zero attached hydrogens (tertiary/aromatic N) is 1. The van der Waals surface area contributed by atoms with Crippen molar-refractivity contribution >= 4 is 17.5 Å². The number of carbonyl (C=O) groups excluding carboxylic acids is 1. The molecule has 1 rings (SSSR count). The van der Waals surface area contributed by atoms with Crippen LogP contribution in [0.2, 0.25) is 5.02 Å². The number of hydrogen-bond acceptors (Lipinski definition) is 2. The van der Waals surface area contributed by atoms with Crippen LogP contribution in [0.15, 0.2) is 46.7 Å². The van der Waals surface area contributed by atoms with Crippen molar-refractivity contribution in [3.63, 3.8) is 0 Å². The molecule has 0 aliphatic heterocycles. The Morgan fingerprint density at radius 2 is 1.68 bits per heavy atom. The van der Waals surface area contributed by atoms with Crippen molar-refractivity contribution in [1.82, 2.24) is 10.2 Å². The van der Waals surface area contributed by atoms with Gasteiger partial charge in [0.2, 0.25) is 0 Å². The number of allylic oxidation sites excluding steroid dienone is 2. The lowest BCUT2D eigenvalue weighted by Gasteiger charge is -2.25. The molecule has 0 spiro atoms. The molecule has 0 fully saturated rings. The highest BCUT2D eigenvalue weighted by Gasteiger charge is 2.21. The fourth-order valence-electron chi connectivity index (χ4n) is 3.29. The highest BCUT2D eigenvalue weighted by atomic mass is 35.5. The smallest absolute Gasteiger partial charge is 0.251 e. The lowest BCUT2D eigenvalue weighted by atomic mass is 9.91. The molecule has 3 nitrogen and oxygen atoms in total. The Morgan fingerprint density at radius 1 is 1.04 bits per heavy atom. The summed E-state index contributed by atoms with van der Waals surface area (Å²) in [5.74, 6) is 0.0239. The summed E-state index contributed by atoms with van der Waals surface area (Å²) in [5, 5.41) is 3.84. The van der Waals surface area contributed by atoms with Gasteiger partial charge in [0, 0.05) is 36.9 Å². The van der Waals surface area contributed by atoms with Gasteiger partial charge in [-0.3, -0.25) is 4.79 Å². The van der Waals surface area contributed by atoms with Crippen LogP contribution in [0.1, 0.15) is 71.8 Å². The van der Waals surface area contributed by atoms with Crippen LogP contribution in [0.5, 0.6) is 0 Å². The largest absolute Gasteiger partial charge is 0.381 e. The Morgan fingerprint density at radius 3 is 2.18 bits per heavy atom. The molecule has 0 aliphatic carbocycles. The minimum absolute atomic E-state index is 0.0239. The molecule has 4 heteroatoms. The molecule has 0 saturated carbocycles.